The van der Waals surface area contributed by atoms with Gasteiger partial charge in [0, 0.05) is 30.6 Å². The summed E-state index contributed by atoms with van der Waals surface area (Å²) in [6, 6.07) is 20.2. The molecule has 0 saturated heterocycles. The van der Waals surface area contributed by atoms with Crippen LogP contribution in [0.25, 0.3) is 0 Å². The average Bonchev–Trinajstić information content (AvgIpc) is 3.41. The van der Waals surface area contributed by atoms with Gasteiger partial charge in [-0.3, -0.25) is 13.9 Å². The van der Waals surface area contributed by atoms with E-state index in [0.29, 0.717) is 23.1 Å². The summed E-state index contributed by atoms with van der Waals surface area (Å²) >= 11 is 6.09. The zero-order chi connectivity index (χ0) is 29.6. The maximum absolute atomic E-state index is 14.1. The molecule has 1 aliphatic heterocycles. The second-order valence-electron chi connectivity index (χ2n) is 10.3. The second kappa shape index (κ2) is 13.3. The molecular formula is C30H34ClN3O6S. The number of hydrogen-bond donors (Lipinski definition) is 1. The van der Waals surface area contributed by atoms with Crippen LogP contribution >= 0.6 is 11.6 Å². The third-order valence-corrected chi connectivity index (χ3v) is 7.94. The predicted octanol–water partition coefficient (Wildman–Crippen LogP) is 4.25. The van der Waals surface area contributed by atoms with Crippen LogP contribution in [0.3, 0.4) is 0 Å². The molecule has 11 heteroatoms. The monoisotopic (exact) mass is 599 g/mol. The maximum Gasteiger partial charge on any atom is 0.244 e. The molecule has 1 N–H and O–H groups in total. The van der Waals surface area contributed by atoms with Gasteiger partial charge in [0.25, 0.3) is 0 Å². The van der Waals surface area contributed by atoms with Crippen molar-refractivity contribution in [2.75, 3.05) is 30.4 Å². The lowest BCUT2D eigenvalue weighted by Gasteiger charge is -2.33. The van der Waals surface area contributed by atoms with Crippen LogP contribution in [0.5, 0.6) is 11.5 Å². The first-order valence-corrected chi connectivity index (χ1v) is 15.5. The molecular weight excluding hydrogens is 566 g/mol. The molecule has 41 heavy (non-hydrogen) atoms. The van der Waals surface area contributed by atoms with Crippen molar-refractivity contribution in [1.82, 2.24) is 10.2 Å². The minimum atomic E-state index is -3.90. The molecule has 2 amide bonds. The summed E-state index contributed by atoms with van der Waals surface area (Å²) in [5.74, 6) is 0.213. The Morgan fingerprint density at radius 2 is 1.63 bits per heavy atom. The van der Waals surface area contributed by atoms with Crippen molar-refractivity contribution in [2.24, 2.45) is 5.92 Å². The van der Waals surface area contributed by atoms with Gasteiger partial charge in [0.2, 0.25) is 28.6 Å². The highest BCUT2D eigenvalue weighted by Crippen LogP contribution is 2.36. The lowest BCUT2D eigenvalue weighted by Crippen LogP contribution is -2.53. The number of amides is 2. The van der Waals surface area contributed by atoms with Gasteiger partial charge in [-0.25, -0.2) is 8.42 Å². The van der Waals surface area contributed by atoms with Crippen LogP contribution in [-0.2, 0) is 32.6 Å². The van der Waals surface area contributed by atoms with Gasteiger partial charge < -0.3 is 19.7 Å². The smallest absolute Gasteiger partial charge is 0.244 e. The van der Waals surface area contributed by atoms with Gasteiger partial charge in [-0.05, 0) is 41.3 Å². The van der Waals surface area contributed by atoms with Crippen LogP contribution in [0.2, 0.25) is 5.02 Å². The Morgan fingerprint density at radius 3 is 2.29 bits per heavy atom. The van der Waals surface area contributed by atoms with E-state index in [1.54, 1.807) is 36.4 Å². The Balaban J connectivity index is 1.71. The van der Waals surface area contributed by atoms with Gasteiger partial charge in [0.1, 0.15) is 12.6 Å². The van der Waals surface area contributed by atoms with Crippen molar-refractivity contribution in [2.45, 2.75) is 32.9 Å². The molecule has 1 heterocycles. The van der Waals surface area contributed by atoms with Crippen molar-refractivity contribution in [3.8, 4) is 11.5 Å². The number of fused-ring (bicyclic) bond motifs is 1. The van der Waals surface area contributed by atoms with Gasteiger partial charge in [0.15, 0.2) is 11.5 Å². The van der Waals surface area contributed by atoms with Gasteiger partial charge in [-0.15, -0.1) is 0 Å². The number of nitrogens with zero attached hydrogens (tertiary/aromatic N) is 2. The Bertz CT molecular complexity index is 1470. The lowest BCUT2D eigenvalue weighted by molar-refractivity contribution is -0.140. The molecule has 4 rings (SSSR count). The van der Waals surface area contributed by atoms with E-state index in [9.17, 15) is 18.0 Å². The first-order valence-electron chi connectivity index (χ1n) is 13.2. The number of hydrogen-bond acceptors (Lipinski definition) is 6. The van der Waals surface area contributed by atoms with Crippen LogP contribution in [-0.4, -0.2) is 57.3 Å². The zero-order valence-electron chi connectivity index (χ0n) is 23.2. The summed E-state index contributed by atoms with van der Waals surface area (Å²) in [5.41, 5.74) is 1.86. The fraction of sp³-hybridized carbons (Fsp3) is 0.333. The molecule has 1 aliphatic rings. The zero-order valence-corrected chi connectivity index (χ0v) is 24.8. The van der Waals surface area contributed by atoms with E-state index >= 15 is 0 Å². The fourth-order valence-electron chi connectivity index (χ4n) is 4.42. The van der Waals surface area contributed by atoms with E-state index in [4.69, 9.17) is 21.1 Å². The molecule has 218 valence electrons. The highest BCUT2D eigenvalue weighted by Gasteiger charge is 2.33. The van der Waals surface area contributed by atoms with E-state index in [-0.39, 0.29) is 37.3 Å². The first kappa shape index (κ1) is 30.2. The van der Waals surface area contributed by atoms with Gasteiger partial charge in [-0.2, -0.15) is 0 Å². The van der Waals surface area contributed by atoms with Crippen LogP contribution in [0.1, 0.15) is 25.0 Å². The summed E-state index contributed by atoms with van der Waals surface area (Å²) in [6.45, 7) is 3.98. The number of anilines is 1. The standard InChI is InChI=1S/C30H34ClN3O6S/c1-21(2)17-32-30(36)26(15-22-7-5-4-6-8-22)33(18-23-9-11-24(31)12-10-23)29(35)19-34(41(3,37)38)25-13-14-27-28(16-25)40-20-39-27/h4-14,16,21,26H,15,17-20H2,1-3H3,(H,32,36). The van der Waals surface area contributed by atoms with Crippen molar-refractivity contribution in [1.29, 1.82) is 0 Å². The third kappa shape index (κ3) is 8.14. The van der Waals surface area contributed by atoms with E-state index in [2.05, 4.69) is 5.32 Å². The SMILES string of the molecule is CC(C)CNC(=O)C(Cc1ccccc1)N(Cc1ccc(Cl)cc1)C(=O)CN(c1ccc2c(c1)OCO2)S(C)(=O)=O. The Labute approximate surface area is 246 Å². The average molecular weight is 600 g/mol. The molecule has 0 spiro atoms. The van der Waals surface area contributed by atoms with Crippen molar-refractivity contribution < 1.29 is 27.5 Å². The number of nitrogens with one attached hydrogen (secondary N) is 1. The fourth-order valence-corrected chi connectivity index (χ4v) is 5.38. The topological polar surface area (TPSA) is 105 Å². The number of ether oxygens (including phenoxy) is 2. The van der Waals surface area contributed by atoms with Gasteiger partial charge in [-0.1, -0.05) is 67.9 Å². The number of rotatable bonds is 12. The second-order valence-corrected chi connectivity index (χ2v) is 12.6. The summed E-state index contributed by atoms with van der Waals surface area (Å²) in [5, 5.41) is 3.50. The molecule has 0 fully saturated rings. The molecule has 9 nitrogen and oxygen atoms in total. The Hall–Kier alpha value is -3.76. The number of carbonyl (C=O) groups excluding carboxylic acids is 2. The number of sulfonamides is 1. The molecule has 0 aliphatic carbocycles. The van der Waals surface area contributed by atoms with E-state index < -0.39 is 28.5 Å². The van der Waals surface area contributed by atoms with Crippen molar-refractivity contribution >= 4 is 39.1 Å². The van der Waals surface area contributed by atoms with Crippen molar-refractivity contribution in [3.05, 3.63) is 88.9 Å². The third-order valence-electron chi connectivity index (χ3n) is 6.55. The Morgan fingerprint density at radius 1 is 0.951 bits per heavy atom. The van der Waals surface area contributed by atoms with E-state index in [1.807, 2.05) is 44.2 Å². The minimum Gasteiger partial charge on any atom is -0.454 e. The van der Waals surface area contributed by atoms with Crippen LogP contribution < -0.4 is 19.1 Å². The van der Waals surface area contributed by atoms with Crippen molar-refractivity contribution in [3.63, 3.8) is 0 Å². The molecule has 0 radical (unpaired) electrons. The molecule has 0 saturated carbocycles. The summed E-state index contributed by atoms with van der Waals surface area (Å²) in [6.07, 6.45) is 1.28. The molecule has 0 bridgehead atoms. The summed E-state index contributed by atoms with van der Waals surface area (Å²) in [4.78, 5) is 29.2. The number of halogens is 1. The van der Waals surface area contributed by atoms with Gasteiger partial charge in [0.05, 0.1) is 11.9 Å². The molecule has 1 atom stereocenters. The summed E-state index contributed by atoms with van der Waals surface area (Å²) < 4.78 is 37.7. The van der Waals surface area contributed by atoms with Gasteiger partial charge >= 0.3 is 0 Å². The molecule has 3 aromatic carbocycles. The highest BCUT2D eigenvalue weighted by atomic mass is 35.5. The summed E-state index contributed by atoms with van der Waals surface area (Å²) in [7, 11) is -3.90. The Kier molecular flexibility index (Phi) is 9.77. The largest absolute Gasteiger partial charge is 0.454 e. The highest BCUT2D eigenvalue weighted by molar-refractivity contribution is 7.92. The normalized spacial score (nSPS) is 13.1. The van der Waals surface area contributed by atoms with E-state index in [0.717, 1.165) is 21.7 Å². The molecule has 3 aromatic rings. The van der Waals surface area contributed by atoms with Crippen LogP contribution in [0, 0.1) is 5.92 Å². The van der Waals surface area contributed by atoms with E-state index in [1.165, 1.54) is 11.0 Å². The predicted molar refractivity (Wildman–Crippen MR) is 159 cm³/mol. The van der Waals surface area contributed by atoms with Crippen LogP contribution in [0.15, 0.2) is 72.8 Å². The minimum absolute atomic E-state index is 0.0259. The molecule has 1 unspecified atom stereocenters. The number of benzene rings is 3. The molecule has 0 aromatic heterocycles. The first-order chi connectivity index (χ1) is 19.5. The lowest BCUT2D eigenvalue weighted by atomic mass is 10.0. The quantitative estimate of drug-likeness (QED) is 0.334. The number of carbonyl (C=O) groups is 2. The van der Waals surface area contributed by atoms with Crippen LogP contribution in [0.4, 0.5) is 5.69 Å². The maximum atomic E-state index is 14.1.